The van der Waals surface area contributed by atoms with Crippen LogP contribution in [-0.4, -0.2) is 16.6 Å². The van der Waals surface area contributed by atoms with Gasteiger partial charge in [0.15, 0.2) is 0 Å². The lowest BCUT2D eigenvalue weighted by Gasteiger charge is -2.10. The number of rotatable bonds is 3. The molecular formula is C15H14FNO2S. The van der Waals surface area contributed by atoms with Crippen LogP contribution in [-0.2, 0) is 10.8 Å². The first-order chi connectivity index (χ1) is 9.65. The number of halogens is 1. The van der Waals surface area contributed by atoms with Crippen LogP contribution in [0.5, 0.6) is 5.75 Å². The first-order valence-electron chi connectivity index (χ1n) is 6.30. The summed E-state index contributed by atoms with van der Waals surface area (Å²) in [5, 5.41) is 0. The predicted octanol–water partition coefficient (Wildman–Crippen LogP) is 2.69. The number of fused-ring (bicyclic) bond motifs is 1. The maximum Gasteiger partial charge on any atom is 0.125 e. The molecule has 1 aliphatic rings. The first kappa shape index (κ1) is 13.1. The van der Waals surface area contributed by atoms with E-state index in [1.54, 1.807) is 0 Å². The number of hydrogen-bond acceptors (Lipinski definition) is 3. The molecule has 104 valence electrons. The third-order valence-electron chi connectivity index (χ3n) is 3.37. The van der Waals surface area contributed by atoms with E-state index in [9.17, 15) is 8.60 Å². The first-order valence-corrected chi connectivity index (χ1v) is 7.62. The second-order valence-electron chi connectivity index (χ2n) is 4.74. The van der Waals surface area contributed by atoms with Crippen LogP contribution >= 0.6 is 0 Å². The van der Waals surface area contributed by atoms with E-state index >= 15 is 0 Å². The van der Waals surface area contributed by atoms with E-state index in [2.05, 4.69) is 0 Å². The zero-order valence-corrected chi connectivity index (χ0v) is 11.5. The van der Waals surface area contributed by atoms with E-state index < -0.39 is 16.6 Å². The fourth-order valence-electron chi connectivity index (χ4n) is 2.37. The molecule has 1 heterocycles. The minimum absolute atomic E-state index is 0.0801. The monoisotopic (exact) mass is 291 g/mol. The number of ether oxygens (including phenoxy) is 1. The van der Waals surface area contributed by atoms with Crippen molar-refractivity contribution in [3.05, 3.63) is 53.8 Å². The predicted molar refractivity (Wildman–Crippen MR) is 76.8 cm³/mol. The lowest BCUT2D eigenvalue weighted by atomic mass is 10.0. The molecule has 0 spiro atoms. The van der Waals surface area contributed by atoms with Gasteiger partial charge in [0.25, 0.3) is 0 Å². The molecule has 0 bridgehead atoms. The highest BCUT2D eigenvalue weighted by molar-refractivity contribution is 7.85. The van der Waals surface area contributed by atoms with E-state index in [-0.39, 0.29) is 11.6 Å². The summed E-state index contributed by atoms with van der Waals surface area (Å²) in [5.74, 6) is 0.934. The number of nitrogens with two attached hydrogens (primary N) is 1. The van der Waals surface area contributed by atoms with E-state index in [0.29, 0.717) is 17.3 Å². The molecule has 1 aliphatic heterocycles. The molecule has 0 radical (unpaired) electrons. The number of anilines is 1. The van der Waals surface area contributed by atoms with Gasteiger partial charge in [0, 0.05) is 17.2 Å². The molecule has 0 fully saturated rings. The zero-order chi connectivity index (χ0) is 14.1. The lowest BCUT2D eigenvalue weighted by Crippen LogP contribution is -2.12. The summed E-state index contributed by atoms with van der Waals surface area (Å²) >= 11 is 0. The highest BCUT2D eigenvalue weighted by Crippen LogP contribution is 2.35. The van der Waals surface area contributed by atoms with Gasteiger partial charge in [-0.05, 0) is 24.3 Å². The van der Waals surface area contributed by atoms with E-state index in [1.807, 2.05) is 24.3 Å². The number of benzene rings is 2. The summed E-state index contributed by atoms with van der Waals surface area (Å²) in [6.07, 6.45) is 0. The van der Waals surface area contributed by atoms with Gasteiger partial charge >= 0.3 is 0 Å². The van der Waals surface area contributed by atoms with Crippen LogP contribution in [0.1, 0.15) is 11.5 Å². The Morgan fingerprint density at radius 1 is 1.30 bits per heavy atom. The largest absolute Gasteiger partial charge is 0.493 e. The number of para-hydroxylation sites is 1. The quantitative estimate of drug-likeness (QED) is 0.885. The Hall–Kier alpha value is -1.88. The van der Waals surface area contributed by atoms with Crippen LogP contribution in [0.4, 0.5) is 10.1 Å². The normalized spacial score (nSPS) is 18.4. The summed E-state index contributed by atoms with van der Waals surface area (Å²) in [5.41, 5.74) is 7.03. The van der Waals surface area contributed by atoms with Crippen LogP contribution in [0, 0.1) is 5.82 Å². The minimum Gasteiger partial charge on any atom is -0.493 e. The van der Waals surface area contributed by atoms with Crippen molar-refractivity contribution in [1.82, 2.24) is 0 Å². The molecule has 0 aliphatic carbocycles. The van der Waals surface area contributed by atoms with E-state index in [1.165, 1.54) is 18.2 Å². The van der Waals surface area contributed by atoms with Crippen molar-refractivity contribution in [2.45, 2.75) is 10.8 Å². The van der Waals surface area contributed by atoms with Crippen molar-refractivity contribution in [1.29, 1.82) is 0 Å². The van der Waals surface area contributed by atoms with Crippen molar-refractivity contribution in [2.24, 2.45) is 0 Å². The molecule has 2 unspecified atom stereocenters. The van der Waals surface area contributed by atoms with Crippen molar-refractivity contribution in [3.8, 4) is 5.75 Å². The molecule has 0 saturated carbocycles. The van der Waals surface area contributed by atoms with Crippen molar-refractivity contribution < 1.29 is 13.3 Å². The molecule has 0 saturated heterocycles. The molecule has 5 heteroatoms. The molecule has 3 nitrogen and oxygen atoms in total. The SMILES string of the molecule is Nc1cc(F)ccc1S(=O)CC1COc2ccccc21. The summed E-state index contributed by atoms with van der Waals surface area (Å²) < 4.78 is 31.0. The highest BCUT2D eigenvalue weighted by atomic mass is 32.2. The second-order valence-corrected chi connectivity index (χ2v) is 6.20. The third kappa shape index (κ3) is 2.41. The smallest absolute Gasteiger partial charge is 0.125 e. The summed E-state index contributed by atoms with van der Waals surface area (Å²) in [7, 11) is -1.27. The van der Waals surface area contributed by atoms with Crippen molar-refractivity contribution in [3.63, 3.8) is 0 Å². The Bertz CT molecular complexity index is 675. The highest BCUT2D eigenvalue weighted by Gasteiger charge is 2.26. The topological polar surface area (TPSA) is 52.3 Å². The standard InChI is InChI=1S/C15H14FNO2S/c16-11-5-6-15(13(17)7-11)20(18)9-10-8-19-14-4-2-1-3-12(10)14/h1-7,10H,8-9,17H2. The van der Waals surface area contributed by atoms with Crippen LogP contribution < -0.4 is 10.5 Å². The van der Waals surface area contributed by atoms with Gasteiger partial charge in [0.05, 0.1) is 28.0 Å². The Balaban J connectivity index is 1.81. The fourth-order valence-corrected chi connectivity index (χ4v) is 3.73. The average Bonchev–Trinajstić information content (AvgIpc) is 2.82. The van der Waals surface area contributed by atoms with Gasteiger partial charge in [-0.15, -0.1) is 0 Å². The van der Waals surface area contributed by atoms with E-state index in [0.717, 1.165) is 11.3 Å². The molecule has 2 N–H and O–H groups in total. The van der Waals surface area contributed by atoms with Crippen molar-refractivity contribution in [2.75, 3.05) is 18.1 Å². The van der Waals surface area contributed by atoms with Gasteiger partial charge in [0.1, 0.15) is 11.6 Å². The Labute approximate surface area is 119 Å². The lowest BCUT2D eigenvalue weighted by molar-refractivity contribution is 0.338. The Morgan fingerprint density at radius 2 is 2.10 bits per heavy atom. The molecule has 0 amide bonds. The molecular weight excluding hydrogens is 277 g/mol. The third-order valence-corrected chi connectivity index (χ3v) is 4.94. The zero-order valence-electron chi connectivity index (χ0n) is 10.7. The molecule has 3 rings (SSSR count). The summed E-state index contributed by atoms with van der Waals surface area (Å²) in [6.45, 7) is 0.520. The second kappa shape index (κ2) is 5.25. The Morgan fingerprint density at radius 3 is 2.90 bits per heavy atom. The maximum absolute atomic E-state index is 13.0. The van der Waals surface area contributed by atoms with Crippen LogP contribution in [0.2, 0.25) is 0 Å². The van der Waals surface area contributed by atoms with Crippen molar-refractivity contribution >= 4 is 16.5 Å². The van der Waals surface area contributed by atoms with Crippen LogP contribution in [0.25, 0.3) is 0 Å². The van der Waals surface area contributed by atoms with Gasteiger partial charge in [-0.3, -0.25) is 4.21 Å². The van der Waals surface area contributed by atoms with Crippen LogP contribution in [0.3, 0.4) is 0 Å². The molecule has 2 aromatic carbocycles. The van der Waals surface area contributed by atoms with Gasteiger partial charge in [-0.2, -0.15) is 0 Å². The molecule has 2 atom stereocenters. The summed E-state index contributed by atoms with van der Waals surface area (Å²) in [6, 6.07) is 11.7. The summed E-state index contributed by atoms with van der Waals surface area (Å²) in [4.78, 5) is 0.482. The number of hydrogen-bond donors (Lipinski definition) is 1. The Kier molecular flexibility index (Phi) is 3.44. The number of nitrogen functional groups attached to an aromatic ring is 1. The molecule has 20 heavy (non-hydrogen) atoms. The molecule has 2 aromatic rings. The van der Waals surface area contributed by atoms with Gasteiger partial charge in [-0.1, -0.05) is 18.2 Å². The van der Waals surface area contributed by atoms with E-state index in [4.69, 9.17) is 10.5 Å². The maximum atomic E-state index is 13.0. The fraction of sp³-hybridized carbons (Fsp3) is 0.200. The van der Waals surface area contributed by atoms with Crippen LogP contribution in [0.15, 0.2) is 47.4 Å². The minimum atomic E-state index is -1.27. The van der Waals surface area contributed by atoms with Gasteiger partial charge in [-0.25, -0.2) is 4.39 Å². The van der Waals surface area contributed by atoms with Gasteiger partial charge in [0.2, 0.25) is 0 Å². The average molecular weight is 291 g/mol. The molecule has 0 aromatic heterocycles. The van der Waals surface area contributed by atoms with Gasteiger partial charge < -0.3 is 10.5 Å².